The highest BCUT2D eigenvalue weighted by Gasteiger charge is 2.20. The van der Waals surface area contributed by atoms with Gasteiger partial charge in [0, 0.05) is 17.8 Å². The van der Waals surface area contributed by atoms with Gasteiger partial charge in [0.1, 0.15) is 0 Å². The maximum atomic E-state index is 11.7. The average molecular weight is 236 g/mol. The largest absolute Gasteiger partial charge is 0.352 e. The van der Waals surface area contributed by atoms with Crippen LogP contribution in [0.25, 0.3) is 0 Å². The van der Waals surface area contributed by atoms with Crippen LogP contribution < -0.4 is 5.32 Å². The Kier molecular flexibility index (Phi) is 5.71. The van der Waals surface area contributed by atoms with Crippen LogP contribution in [0, 0.1) is 5.92 Å². The van der Waals surface area contributed by atoms with Crippen molar-refractivity contribution in [1.82, 2.24) is 5.32 Å². The van der Waals surface area contributed by atoms with Gasteiger partial charge in [-0.2, -0.15) is 11.8 Å². The van der Waals surface area contributed by atoms with Gasteiger partial charge >= 0.3 is 0 Å². The van der Waals surface area contributed by atoms with E-state index in [4.69, 9.17) is 11.6 Å². The average Bonchev–Trinajstić information content (AvgIpc) is 2.45. The molecule has 2 unspecified atom stereocenters. The van der Waals surface area contributed by atoms with Crippen molar-refractivity contribution in [2.45, 2.75) is 32.2 Å². The van der Waals surface area contributed by atoms with Gasteiger partial charge in [-0.05, 0) is 37.7 Å². The van der Waals surface area contributed by atoms with Gasteiger partial charge in [0.05, 0.1) is 0 Å². The number of hydrogen-bond donors (Lipinski definition) is 1. The van der Waals surface area contributed by atoms with Crippen LogP contribution in [0.15, 0.2) is 0 Å². The lowest BCUT2D eigenvalue weighted by atomic mass is 10.00. The van der Waals surface area contributed by atoms with Gasteiger partial charge in [0.15, 0.2) is 0 Å². The Hall–Kier alpha value is 0.110. The lowest BCUT2D eigenvalue weighted by Gasteiger charge is -2.16. The number of carbonyl (C=O) groups excluding carboxylic acids is 1. The summed E-state index contributed by atoms with van der Waals surface area (Å²) < 4.78 is 0. The lowest BCUT2D eigenvalue weighted by Crippen LogP contribution is -2.38. The van der Waals surface area contributed by atoms with Crippen LogP contribution >= 0.6 is 23.4 Å². The van der Waals surface area contributed by atoms with E-state index in [-0.39, 0.29) is 17.9 Å². The zero-order valence-electron chi connectivity index (χ0n) is 8.59. The van der Waals surface area contributed by atoms with Crippen LogP contribution in [-0.4, -0.2) is 29.3 Å². The van der Waals surface area contributed by atoms with E-state index < -0.39 is 0 Å². The Labute approximate surface area is 95.2 Å². The van der Waals surface area contributed by atoms with Crippen LogP contribution in [0.5, 0.6) is 0 Å². The number of alkyl halides is 1. The molecule has 0 radical (unpaired) electrons. The molecule has 0 bridgehead atoms. The summed E-state index contributed by atoms with van der Waals surface area (Å²) in [5.74, 6) is 3.23. The van der Waals surface area contributed by atoms with Gasteiger partial charge in [0.2, 0.25) is 5.91 Å². The van der Waals surface area contributed by atoms with E-state index in [0.717, 1.165) is 25.0 Å². The summed E-state index contributed by atoms with van der Waals surface area (Å²) in [6, 6.07) is 0.0973. The molecule has 2 nitrogen and oxygen atoms in total. The van der Waals surface area contributed by atoms with Crippen molar-refractivity contribution in [2.75, 3.05) is 17.4 Å². The summed E-state index contributed by atoms with van der Waals surface area (Å²) >= 11 is 7.60. The Morgan fingerprint density at radius 2 is 2.36 bits per heavy atom. The van der Waals surface area contributed by atoms with E-state index in [0.29, 0.717) is 5.88 Å². The molecule has 1 aliphatic rings. The van der Waals surface area contributed by atoms with Crippen LogP contribution in [0.4, 0.5) is 0 Å². The molecule has 0 saturated carbocycles. The molecular weight excluding hydrogens is 218 g/mol. The van der Waals surface area contributed by atoms with E-state index in [1.54, 1.807) is 0 Å². The van der Waals surface area contributed by atoms with Gasteiger partial charge in [-0.25, -0.2) is 0 Å². The first-order valence-electron chi connectivity index (χ1n) is 5.18. The zero-order chi connectivity index (χ0) is 10.4. The summed E-state index contributed by atoms with van der Waals surface area (Å²) in [5.41, 5.74) is 0. The van der Waals surface area contributed by atoms with Crippen molar-refractivity contribution >= 4 is 29.3 Å². The van der Waals surface area contributed by atoms with Crippen molar-refractivity contribution in [1.29, 1.82) is 0 Å². The highest BCUT2D eigenvalue weighted by atomic mass is 35.5. The third-order valence-corrected chi connectivity index (χ3v) is 4.01. The minimum Gasteiger partial charge on any atom is -0.352 e. The molecule has 1 aliphatic heterocycles. The summed E-state index contributed by atoms with van der Waals surface area (Å²) in [6.45, 7) is 1.94. The highest BCUT2D eigenvalue weighted by Crippen LogP contribution is 2.22. The predicted octanol–water partition coefficient (Wildman–Crippen LogP) is 2.26. The summed E-state index contributed by atoms with van der Waals surface area (Å²) in [4.78, 5) is 11.7. The Balaban J connectivity index is 2.34. The fourth-order valence-corrected chi connectivity index (χ4v) is 2.67. The SMILES string of the molecule is CC(CCl)NC(=O)C1CCCSCC1. The number of halogens is 1. The predicted molar refractivity (Wildman–Crippen MR) is 63.0 cm³/mol. The molecule has 1 fully saturated rings. The van der Waals surface area contributed by atoms with Crippen molar-refractivity contribution in [3.63, 3.8) is 0 Å². The molecule has 0 spiro atoms. The van der Waals surface area contributed by atoms with Crippen LogP contribution in [0.1, 0.15) is 26.2 Å². The molecule has 14 heavy (non-hydrogen) atoms. The second-order valence-electron chi connectivity index (χ2n) is 3.80. The second-order valence-corrected chi connectivity index (χ2v) is 5.34. The standard InChI is InChI=1S/C10H18ClNOS/c1-8(7-11)12-10(13)9-3-2-5-14-6-4-9/h8-9H,2-7H2,1H3,(H,12,13). The summed E-state index contributed by atoms with van der Waals surface area (Å²) in [7, 11) is 0. The van der Waals surface area contributed by atoms with Gasteiger partial charge in [-0.15, -0.1) is 11.6 Å². The third kappa shape index (κ3) is 4.09. The van der Waals surface area contributed by atoms with Crippen molar-refractivity contribution in [3.05, 3.63) is 0 Å². The van der Waals surface area contributed by atoms with Crippen molar-refractivity contribution in [3.8, 4) is 0 Å². The van der Waals surface area contributed by atoms with Crippen LogP contribution in [-0.2, 0) is 4.79 Å². The molecule has 82 valence electrons. The maximum Gasteiger partial charge on any atom is 0.223 e. The van der Waals surface area contributed by atoms with E-state index in [9.17, 15) is 4.79 Å². The molecule has 0 aliphatic carbocycles. The highest BCUT2D eigenvalue weighted by molar-refractivity contribution is 7.99. The molecule has 4 heteroatoms. The Morgan fingerprint density at radius 3 is 3.07 bits per heavy atom. The minimum atomic E-state index is 0.0973. The number of carbonyl (C=O) groups is 1. The fraction of sp³-hybridized carbons (Fsp3) is 0.900. The van der Waals surface area contributed by atoms with Gasteiger partial charge in [-0.1, -0.05) is 0 Å². The Bertz CT molecular complexity index is 181. The minimum absolute atomic E-state index is 0.0973. The fourth-order valence-electron chi connectivity index (χ4n) is 1.57. The molecule has 1 saturated heterocycles. The monoisotopic (exact) mass is 235 g/mol. The molecule has 1 N–H and O–H groups in total. The number of hydrogen-bond acceptors (Lipinski definition) is 2. The Morgan fingerprint density at radius 1 is 1.57 bits per heavy atom. The lowest BCUT2D eigenvalue weighted by molar-refractivity contribution is -0.125. The third-order valence-electron chi connectivity index (χ3n) is 2.44. The molecule has 2 atom stereocenters. The van der Waals surface area contributed by atoms with Crippen molar-refractivity contribution < 1.29 is 4.79 Å². The first kappa shape index (κ1) is 12.2. The molecular formula is C10H18ClNOS. The first-order valence-corrected chi connectivity index (χ1v) is 6.87. The zero-order valence-corrected chi connectivity index (χ0v) is 10.2. The van der Waals surface area contributed by atoms with E-state index >= 15 is 0 Å². The molecule has 0 aromatic heterocycles. The molecule has 1 heterocycles. The molecule has 0 aromatic rings. The van der Waals surface area contributed by atoms with E-state index in [1.807, 2.05) is 18.7 Å². The maximum absolute atomic E-state index is 11.7. The quantitative estimate of drug-likeness (QED) is 0.761. The number of thioether (sulfide) groups is 1. The normalized spacial score (nSPS) is 25.1. The smallest absolute Gasteiger partial charge is 0.223 e. The number of amides is 1. The summed E-state index contributed by atoms with van der Waals surface area (Å²) in [6.07, 6.45) is 3.22. The van der Waals surface area contributed by atoms with Gasteiger partial charge in [0.25, 0.3) is 0 Å². The van der Waals surface area contributed by atoms with E-state index in [1.165, 1.54) is 5.75 Å². The van der Waals surface area contributed by atoms with Gasteiger partial charge < -0.3 is 5.32 Å². The first-order chi connectivity index (χ1) is 6.74. The number of rotatable bonds is 3. The summed E-state index contributed by atoms with van der Waals surface area (Å²) in [5, 5.41) is 2.95. The van der Waals surface area contributed by atoms with Crippen molar-refractivity contribution in [2.24, 2.45) is 5.92 Å². The number of nitrogens with one attached hydrogen (secondary N) is 1. The van der Waals surface area contributed by atoms with Crippen LogP contribution in [0.3, 0.4) is 0 Å². The van der Waals surface area contributed by atoms with Crippen LogP contribution in [0.2, 0.25) is 0 Å². The van der Waals surface area contributed by atoms with Gasteiger partial charge in [-0.3, -0.25) is 4.79 Å². The van der Waals surface area contributed by atoms with E-state index in [2.05, 4.69) is 5.32 Å². The second kappa shape index (κ2) is 6.57. The molecule has 0 aromatic carbocycles. The molecule has 1 rings (SSSR count). The molecule has 1 amide bonds. The topological polar surface area (TPSA) is 29.1 Å².